The first-order valence-corrected chi connectivity index (χ1v) is 14.9. The van der Waals surface area contributed by atoms with Gasteiger partial charge in [0.15, 0.2) is 0 Å². The molecule has 0 aliphatic carbocycles. The molecule has 8 rings (SSSR count). The Morgan fingerprint density at radius 2 is 1.45 bits per heavy atom. The molecule has 4 aromatic rings. The molecular formula is C39H33N3. The first-order chi connectivity index (χ1) is 20.7. The van der Waals surface area contributed by atoms with Crippen molar-refractivity contribution < 1.29 is 0 Å². The number of hydrogen-bond donors (Lipinski definition) is 1. The van der Waals surface area contributed by atoms with E-state index in [1.54, 1.807) is 0 Å². The van der Waals surface area contributed by atoms with Crippen LogP contribution in [0, 0.1) is 0 Å². The smallest absolute Gasteiger partial charge is 0.0779 e. The topological polar surface area (TPSA) is 27.4 Å². The third kappa shape index (κ3) is 4.56. The Morgan fingerprint density at radius 3 is 2.14 bits per heavy atom. The van der Waals surface area contributed by atoms with E-state index < -0.39 is 0 Å². The van der Waals surface area contributed by atoms with Crippen molar-refractivity contribution in [2.75, 3.05) is 26.2 Å². The highest BCUT2D eigenvalue weighted by atomic mass is 15.4. The van der Waals surface area contributed by atoms with Crippen molar-refractivity contribution in [1.29, 1.82) is 0 Å². The van der Waals surface area contributed by atoms with Gasteiger partial charge in [0.05, 0.1) is 5.54 Å². The molecule has 3 nitrogen and oxygen atoms in total. The number of nitrogens with zero attached hydrogens (tertiary/aromatic N) is 2. The Bertz CT molecular complexity index is 1840. The van der Waals surface area contributed by atoms with Gasteiger partial charge in [0.1, 0.15) is 0 Å². The van der Waals surface area contributed by atoms with Crippen LogP contribution in [0.2, 0.25) is 0 Å². The summed E-state index contributed by atoms with van der Waals surface area (Å²) in [6.45, 7) is 3.86. The van der Waals surface area contributed by atoms with E-state index in [-0.39, 0.29) is 5.54 Å². The highest BCUT2D eigenvalue weighted by Gasteiger charge is 2.53. The van der Waals surface area contributed by atoms with Crippen LogP contribution in [0.1, 0.15) is 22.6 Å². The van der Waals surface area contributed by atoms with Gasteiger partial charge >= 0.3 is 0 Å². The largest absolute Gasteiger partial charge is 0.387 e. The van der Waals surface area contributed by atoms with Gasteiger partial charge in [-0.3, -0.25) is 9.89 Å². The van der Waals surface area contributed by atoms with E-state index in [4.69, 9.17) is 0 Å². The molecule has 3 atom stereocenters. The molecule has 0 aromatic heterocycles. The molecule has 1 saturated heterocycles. The molecule has 0 bridgehead atoms. The van der Waals surface area contributed by atoms with Gasteiger partial charge in [0, 0.05) is 44.5 Å². The zero-order chi connectivity index (χ0) is 27.9. The van der Waals surface area contributed by atoms with Crippen molar-refractivity contribution >= 4 is 11.8 Å². The van der Waals surface area contributed by atoms with Crippen LogP contribution in [0.4, 0.5) is 0 Å². The van der Waals surface area contributed by atoms with Crippen molar-refractivity contribution in [3.8, 4) is 33.4 Å². The normalized spacial score (nSPS) is 23.4. The quantitative estimate of drug-likeness (QED) is 0.197. The minimum atomic E-state index is 0.102. The number of allylic oxidation sites excluding steroid dienone is 3. The summed E-state index contributed by atoms with van der Waals surface area (Å²) in [6, 6.07) is 34.2. The van der Waals surface area contributed by atoms with Crippen molar-refractivity contribution in [3.05, 3.63) is 150 Å². The summed E-state index contributed by atoms with van der Waals surface area (Å²) in [5, 5.41) is 3.35. The summed E-state index contributed by atoms with van der Waals surface area (Å²) < 4.78 is 0. The summed E-state index contributed by atoms with van der Waals surface area (Å²) in [7, 11) is 0. The molecule has 1 fully saturated rings. The lowest BCUT2D eigenvalue weighted by atomic mass is 9.89. The Labute approximate surface area is 248 Å². The van der Waals surface area contributed by atoms with Crippen molar-refractivity contribution in [2.45, 2.75) is 11.5 Å². The highest BCUT2D eigenvalue weighted by Crippen LogP contribution is 2.48. The lowest BCUT2D eigenvalue weighted by Gasteiger charge is -2.17. The second kappa shape index (κ2) is 10.3. The lowest BCUT2D eigenvalue weighted by molar-refractivity contribution is 0.540. The van der Waals surface area contributed by atoms with Gasteiger partial charge in [-0.2, -0.15) is 0 Å². The van der Waals surface area contributed by atoms with E-state index in [0.717, 1.165) is 26.2 Å². The van der Waals surface area contributed by atoms with Crippen LogP contribution in [-0.4, -0.2) is 37.3 Å². The summed E-state index contributed by atoms with van der Waals surface area (Å²) in [5.74, 6) is 0.316. The number of rotatable bonds is 6. The van der Waals surface area contributed by atoms with Crippen LogP contribution in [0.3, 0.4) is 0 Å². The molecule has 3 heteroatoms. The number of nitrogens with one attached hydrogen (secondary N) is 1. The van der Waals surface area contributed by atoms with Crippen LogP contribution in [0.5, 0.6) is 0 Å². The van der Waals surface area contributed by atoms with Crippen molar-refractivity contribution in [2.24, 2.45) is 4.99 Å². The molecule has 1 N–H and O–H groups in total. The molecule has 3 unspecified atom stereocenters. The van der Waals surface area contributed by atoms with Gasteiger partial charge in [-0.15, -0.1) is 0 Å². The van der Waals surface area contributed by atoms with Crippen LogP contribution < -0.4 is 5.32 Å². The third-order valence-corrected chi connectivity index (χ3v) is 9.05. The van der Waals surface area contributed by atoms with Crippen LogP contribution in [0.15, 0.2) is 139 Å². The Hall–Kier alpha value is -4.73. The molecule has 42 heavy (non-hydrogen) atoms. The van der Waals surface area contributed by atoms with Crippen LogP contribution >= 0.6 is 0 Å². The van der Waals surface area contributed by atoms with E-state index in [9.17, 15) is 0 Å². The van der Waals surface area contributed by atoms with Gasteiger partial charge in [0.25, 0.3) is 0 Å². The van der Waals surface area contributed by atoms with E-state index in [1.807, 2.05) is 6.21 Å². The molecular weight excluding hydrogens is 510 g/mol. The van der Waals surface area contributed by atoms with Gasteiger partial charge in [-0.25, -0.2) is 0 Å². The number of fused-ring (bicyclic) bond motifs is 1. The van der Waals surface area contributed by atoms with E-state index in [0.29, 0.717) is 5.92 Å². The average molecular weight is 544 g/mol. The summed E-state index contributed by atoms with van der Waals surface area (Å²) in [4.78, 5) is 7.03. The minimum absolute atomic E-state index is 0.102. The maximum absolute atomic E-state index is 4.51. The van der Waals surface area contributed by atoms with Crippen molar-refractivity contribution in [1.82, 2.24) is 10.2 Å². The second-order valence-electron chi connectivity index (χ2n) is 11.7. The zero-order valence-electron chi connectivity index (χ0n) is 23.6. The van der Waals surface area contributed by atoms with E-state index in [2.05, 4.69) is 149 Å². The summed E-state index contributed by atoms with van der Waals surface area (Å²) >= 11 is 0. The van der Waals surface area contributed by atoms with Gasteiger partial charge in [-0.1, -0.05) is 91.0 Å². The van der Waals surface area contributed by atoms with E-state index in [1.165, 1.54) is 55.6 Å². The fraction of sp³-hybridized carbons (Fsp3) is 0.154. The Kier molecular flexibility index (Phi) is 6.12. The molecule has 0 amide bonds. The Balaban J connectivity index is 1.24. The predicted molar refractivity (Wildman–Crippen MR) is 176 cm³/mol. The second-order valence-corrected chi connectivity index (χ2v) is 11.7. The molecule has 4 heterocycles. The standard InChI is InChI=1S/C39H33N3/c1-7-28(33-12-4-16-40-25-33)19-30(9-1)35-21-36(31-10-2-8-29(20-31)34-13-5-17-41-26-34)23-37(22-35)32-11-3-14-38(24-32)39-15-6-18-42(39)27-39/h1-16,19-24,26,33,41H,17-18,25,27H2. The third-order valence-electron chi connectivity index (χ3n) is 9.05. The zero-order valence-corrected chi connectivity index (χ0v) is 23.6. The molecule has 204 valence electrons. The van der Waals surface area contributed by atoms with E-state index >= 15 is 0 Å². The molecule has 4 aromatic carbocycles. The Morgan fingerprint density at radius 1 is 0.738 bits per heavy atom. The number of dihydropyridines is 2. The summed E-state index contributed by atoms with van der Waals surface area (Å²) in [5.41, 5.74) is 12.6. The molecule has 4 aliphatic rings. The monoisotopic (exact) mass is 543 g/mol. The van der Waals surface area contributed by atoms with Crippen LogP contribution in [-0.2, 0) is 5.54 Å². The first-order valence-electron chi connectivity index (χ1n) is 14.9. The predicted octanol–water partition coefficient (Wildman–Crippen LogP) is 7.99. The van der Waals surface area contributed by atoms with Gasteiger partial charge < -0.3 is 5.32 Å². The number of benzene rings is 4. The number of hydrogen-bond acceptors (Lipinski definition) is 3. The fourth-order valence-corrected chi connectivity index (χ4v) is 6.66. The molecule has 4 aliphatic heterocycles. The first kappa shape index (κ1) is 25.0. The lowest BCUT2D eigenvalue weighted by Crippen LogP contribution is -2.08. The molecule has 0 saturated carbocycles. The molecule has 0 radical (unpaired) electrons. The maximum Gasteiger partial charge on any atom is 0.0779 e. The van der Waals surface area contributed by atoms with Crippen molar-refractivity contribution in [3.63, 3.8) is 0 Å². The average Bonchev–Trinajstić information content (AvgIpc) is 3.64. The molecule has 0 spiro atoms. The summed E-state index contributed by atoms with van der Waals surface area (Å²) in [6.07, 6.45) is 17.4. The number of aliphatic imine (C=N–C) groups is 1. The maximum atomic E-state index is 4.51. The fourth-order valence-electron chi connectivity index (χ4n) is 6.66. The van der Waals surface area contributed by atoms with Gasteiger partial charge in [-0.05, 0) is 92.1 Å². The highest BCUT2D eigenvalue weighted by molar-refractivity contribution is 5.84. The SMILES string of the molecule is C1=CC(c2cccc(-c3cc(-c4cccc(C5=CNCC=C5)c4)cc(-c4cccc(C56C=CCN5C6)c4)c3)c2)CN=C1. The van der Waals surface area contributed by atoms with Gasteiger partial charge in [0.2, 0.25) is 0 Å². The minimum Gasteiger partial charge on any atom is -0.387 e. The van der Waals surface area contributed by atoms with Crippen LogP contribution in [0.25, 0.3) is 39.0 Å².